The zero-order valence-electron chi connectivity index (χ0n) is 6.37. The summed E-state index contributed by atoms with van der Waals surface area (Å²) in [5.74, 6) is 2.21. The van der Waals surface area contributed by atoms with Crippen LogP contribution in [0.2, 0.25) is 0 Å². The van der Waals surface area contributed by atoms with Gasteiger partial charge in [0.2, 0.25) is 5.91 Å². The first-order chi connectivity index (χ1) is 5.74. The van der Waals surface area contributed by atoms with Crippen LogP contribution in [0, 0.1) is 12.0 Å². The molecule has 0 radical (unpaired) electrons. The van der Waals surface area contributed by atoms with Gasteiger partial charge in [-0.05, 0) is 30.2 Å². The topological polar surface area (TPSA) is 69.1 Å². The highest BCUT2D eigenvalue weighted by Crippen LogP contribution is 2.01. The lowest BCUT2D eigenvalue weighted by atomic mass is 10.1. The lowest BCUT2D eigenvalue weighted by molar-refractivity contribution is 0.100. The molecule has 1 amide bonds. The van der Waals surface area contributed by atoms with E-state index in [2.05, 4.69) is 12.0 Å². The molecular formula is C9H8N2O. The Labute approximate surface area is 70.4 Å². The van der Waals surface area contributed by atoms with Gasteiger partial charge in [0.05, 0.1) is 0 Å². The van der Waals surface area contributed by atoms with Gasteiger partial charge in [-0.3, -0.25) is 4.79 Å². The summed E-state index contributed by atoms with van der Waals surface area (Å²) in [6.45, 7) is 0. The molecule has 0 heterocycles. The van der Waals surface area contributed by atoms with Gasteiger partial charge in [-0.15, -0.1) is 0 Å². The minimum Gasteiger partial charge on any atom is -0.366 e. The summed E-state index contributed by atoms with van der Waals surface area (Å²) < 4.78 is 0. The first-order valence-electron chi connectivity index (χ1n) is 3.35. The molecule has 12 heavy (non-hydrogen) atoms. The van der Waals surface area contributed by atoms with E-state index in [1.54, 1.807) is 24.3 Å². The van der Waals surface area contributed by atoms with Gasteiger partial charge in [0.15, 0.2) is 0 Å². The van der Waals surface area contributed by atoms with Crippen LogP contribution < -0.4 is 11.5 Å². The fourth-order valence-electron chi connectivity index (χ4n) is 0.801. The highest BCUT2D eigenvalue weighted by molar-refractivity contribution is 5.92. The Morgan fingerprint density at radius 2 is 1.83 bits per heavy atom. The summed E-state index contributed by atoms with van der Waals surface area (Å²) >= 11 is 0. The van der Waals surface area contributed by atoms with Crippen LogP contribution in [0.25, 0.3) is 0 Å². The van der Waals surface area contributed by atoms with E-state index in [4.69, 9.17) is 11.5 Å². The van der Waals surface area contributed by atoms with Crippen LogP contribution in [-0.2, 0) is 0 Å². The molecule has 1 aromatic carbocycles. The molecular weight excluding hydrogens is 152 g/mol. The van der Waals surface area contributed by atoms with Crippen LogP contribution in [0.3, 0.4) is 0 Å². The van der Waals surface area contributed by atoms with E-state index >= 15 is 0 Å². The Bertz CT molecular complexity index is 343. The van der Waals surface area contributed by atoms with Crippen molar-refractivity contribution in [1.82, 2.24) is 0 Å². The first kappa shape index (κ1) is 8.15. The van der Waals surface area contributed by atoms with Crippen molar-refractivity contribution >= 4 is 5.91 Å². The maximum absolute atomic E-state index is 10.6. The van der Waals surface area contributed by atoms with Crippen LogP contribution in [0.4, 0.5) is 0 Å². The number of hydrogen-bond acceptors (Lipinski definition) is 2. The van der Waals surface area contributed by atoms with Crippen molar-refractivity contribution in [3.05, 3.63) is 35.4 Å². The molecule has 0 aliphatic rings. The van der Waals surface area contributed by atoms with Crippen LogP contribution in [0.15, 0.2) is 24.3 Å². The van der Waals surface area contributed by atoms with Gasteiger partial charge >= 0.3 is 0 Å². The number of nitrogens with two attached hydrogens (primary N) is 2. The maximum Gasteiger partial charge on any atom is 0.248 e. The highest BCUT2D eigenvalue weighted by Gasteiger charge is 1.97. The third kappa shape index (κ3) is 1.77. The maximum atomic E-state index is 10.6. The van der Waals surface area contributed by atoms with Crippen LogP contribution in [0.1, 0.15) is 15.9 Å². The minimum atomic E-state index is -0.442. The molecule has 3 nitrogen and oxygen atoms in total. The van der Waals surface area contributed by atoms with Gasteiger partial charge in [-0.25, -0.2) is 0 Å². The predicted molar refractivity (Wildman–Crippen MR) is 46.0 cm³/mol. The molecule has 60 valence electrons. The molecule has 4 N–H and O–H groups in total. The summed E-state index contributed by atoms with van der Waals surface area (Å²) in [6, 6.07) is 8.88. The average Bonchev–Trinajstić information content (AvgIpc) is 2.06. The average molecular weight is 160 g/mol. The van der Waals surface area contributed by atoms with Gasteiger partial charge in [0, 0.05) is 17.2 Å². The zero-order valence-corrected chi connectivity index (χ0v) is 6.37. The van der Waals surface area contributed by atoms with Crippen molar-refractivity contribution in [2.45, 2.75) is 0 Å². The highest BCUT2D eigenvalue weighted by atomic mass is 16.1. The van der Waals surface area contributed by atoms with Crippen molar-refractivity contribution in [3.8, 4) is 12.0 Å². The van der Waals surface area contributed by atoms with Crippen molar-refractivity contribution in [1.29, 1.82) is 0 Å². The van der Waals surface area contributed by atoms with E-state index in [-0.39, 0.29) is 0 Å². The lowest BCUT2D eigenvalue weighted by Gasteiger charge is -1.93. The van der Waals surface area contributed by atoms with E-state index in [1.165, 1.54) is 0 Å². The second kappa shape index (κ2) is 3.44. The predicted octanol–water partition coefficient (Wildman–Crippen LogP) is 0.0532. The Hall–Kier alpha value is -1.95. The number of rotatable bonds is 1. The molecule has 0 saturated carbocycles. The van der Waals surface area contributed by atoms with Crippen molar-refractivity contribution in [2.75, 3.05) is 0 Å². The Morgan fingerprint density at radius 1 is 1.25 bits per heavy atom. The Balaban J connectivity index is 2.98. The minimum absolute atomic E-state index is 0.442. The lowest BCUT2D eigenvalue weighted by Crippen LogP contribution is -2.10. The second-order valence-corrected chi connectivity index (χ2v) is 2.21. The standard InChI is InChI=1S/C9H8N2O/c10-6-5-7-1-3-8(4-2-7)9(11)12/h1-4H,10H2,(H2,11,12). The monoisotopic (exact) mass is 160 g/mol. The third-order valence-corrected chi connectivity index (χ3v) is 1.39. The number of benzene rings is 1. The molecule has 1 aromatic rings. The zero-order chi connectivity index (χ0) is 8.97. The summed E-state index contributed by atoms with van der Waals surface area (Å²) in [6.07, 6.45) is 0. The number of hydrogen-bond donors (Lipinski definition) is 2. The molecule has 0 fully saturated rings. The van der Waals surface area contributed by atoms with E-state index in [0.717, 1.165) is 5.56 Å². The Kier molecular flexibility index (Phi) is 2.34. The van der Waals surface area contributed by atoms with Crippen LogP contribution in [-0.4, -0.2) is 5.91 Å². The second-order valence-electron chi connectivity index (χ2n) is 2.21. The quantitative estimate of drug-likeness (QED) is 0.450. The van der Waals surface area contributed by atoms with Gasteiger partial charge < -0.3 is 11.5 Å². The summed E-state index contributed by atoms with van der Waals surface area (Å²) in [5.41, 5.74) is 11.3. The molecule has 0 unspecified atom stereocenters. The van der Waals surface area contributed by atoms with Crippen LogP contribution in [0.5, 0.6) is 0 Å². The van der Waals surface area contributed by atoms with Crippen LogP contribution >= 0.6 is 0 Å². The normalized spacial score (nSPS) is 8.33. The number of carbonyl (C=O) groups is 1. The molecule has 1 rings (SSSR count). The number of amides is 1. The number of primary amides is 1. The third-order valence-electron chi connectivity index (χ3n) is 1.39. The van der Waals surface area contributed by atoms with Gasteiger partial charge in [-0.2, -0.15) is 0 Å². The summed E-state index contributed by atoms with van der Waals surface area (Å²) in [7, 11) is 0. The molecule has 0 saturated heterocycles. The van der Waals surface area contributed by atoms with Gasteiger partial charge in [0.25, 0.3) is 0 Å². The van der Waals surface area contributed by atoms with Crippen molar-refractivity contribution < 1.29 is 4.79 Å². The molecule has 0 bridgehead atoms. The van der Waals surface area contributed by atoms with Crippen molar-refractivity contribution in [2.24, 2.45) is 11.5 Å². The Morgan fingerprint density at radius 3 is 2.25 bits per heavy atom. The van der Waals surface area contributed by atoms with E-state index < -0.39 is 5.91 Å². The van der Waals surface area contributed by atoms with E-state index in [1.807, 2.05) is 0 Å². The van der Waals surface area contributed by atoms with E-state index in [9.17, 15) is 4.79 Å². The van der Waals surface area contributed by atoms with Crippen molar-refractivity contribution in [3.63, 3.8) is 0 Å². The molecule has 0 spiro atoms. The molecule has 0 aliphatic heterocycles. The molecule has 3 heteroatoms. The SMILES string of the molecule is NC#Cc1ccc(C(N)=O)cc1. The first-order valence-corrected chi connectivity index (χ1v) is 3.35. The summed E-state index contributed by atoms with van der Waals surface area (Å²) in [5, 5.41) is 0. The smallest absolute Gasteiger partial charge is 0.248 e. The molecule has 0 aromatic heterocycles. The number of carbonyl (C=O) groups excluding carboxylic acids is 1. The summed E-state index contributed by atoms with van der Waals surface area (Å²) in [4.78, 5) is 10.6. The molecule has 0 atom stereocenters. The fourth-order valence-corrected chi connectivity index (χ4v) is 0.801. The fraction of sp³-hybridized carbons (Fsp3) is 0. The molecule has 0 aliphatic carbocycles. The van der Waals surface area contributed by atoms with E-state index in [0.29, 0.717) is 5.56 Å². The van der Waals surface area contributed by atoms with Gasteiger partial charge in [0.1, 0.15) is 0 Å². The van der Waals surface area contributed by atoms with Gasteiger partial charge in [-0.1, -0.05) is 0 Å². The largest absolute Gasteiger partial charge is 0.366 e.